The zero-order valence-corrected chi connectivity index (χ0v) is 18.9. The lowest BCUT2D eigenvalue weighted by atomic mass is 10.0. The van der Waals surface area contributed by atoms with Gasteiger partial charge < -0.3 is 10.6 Å². The molecule has 0 saturated heterocycles. The number of carbonyl (C=O) groups excluding carboxylic acids is 2. The predicted molar refractivity (Wildman–Crippen MR) is 123 cm³/mol. The molecule has 182 valence electrons. The summed E-state index contributed by atoms with van der Waals surface area (Å²) in [4.78, 5) is 24.5. The van der Waals surface area contributed by atoms with Gasteiger partial charge in [0.2, 0.25) is 21.8 Å². The molecule has 35 heavy (non-hydrogen) atoms. The lowest BCUT2D eigenvalue weighted by Crippen LogP contribution is -2.37. The van der Waals surface area contributed by atoms with E-state index in [0.717, 1.165) is 24.3 Å². The molecule has 0 aromatic heterocycles. The number of rotatable bonds is 6. The van der Waals surface area contributed by atoms with E-state index in [0.29, 0.717) is 23.2 Å². The van der Waals surface area contributed by atoms with E-state index in [1.54, 1.807) is 30.3 Å². The van der Waals surface area contributed by atoms with Crippen LogP contribution in [0.15, 0.2) is 77.7 Å². The molecule has 1 atom stereocenters. The van der Waals surface area contributed by atoms with Crippen LogP contribution in [0.5, 0.6) is 0 Å². The summed E-state index contributed by atoms with van der Waals surface area (Å²) in [6, 6.07) is 14.8. The van der Waals surface area contributed by atoms with Gasteiger partial charge in [0.1, 0.15) is 6.04 Å². The Balaban J connectivity index is 1.60. The Hall–Kier alpha value is -3.70. The van der Waals surface area contributed by atoms with Crippen molar-refractivity contribution in [3.05, 3.63) is 89.5 Å². The van der Waals surface area contributed by atoms with E-state index in [2.05, 4.69) is 15.4 Å². The van der Waals surface area contributed by atoms with Gasteiger partial charge >= 0.3 is 6.18 Å². The maximum Gasteiger partial charge on any atom is 0.416 e. The third kappa shape index (κ3) is 5.69. The summed E-state index contributed by atoms with van der Waals surface area (Å²) >= 11 is 0. The molecule has 1 aliphatic heterocycles. The average Bonchev–Trinajstić information content (AvgIpc) is 2.82. The number of amides is 2. The minimum Gasteiger partial charge on any atom is -0.326 e. The summed E-state index contributed by atoms with van der Waals surface area (Å²) in [7, 11) is -4.19. The van der Waals surface area contributed by atoms with Gasteiger partial charge in [-0.05, 0) is 60.0 Å². The first-order chi connectivity index (χ1) is 16.5. The number of aryl methyl sites for hydroxylation is 1. The minimum atomic E-state index is -4.53. The third-order valence-corrected chi connectivity index (χ3v) is 6.85. The van der Waals surface area contributed by atoms with E-state index in [4.69, 9.17) is 0 Å². The first-order valence-corrected chi connectivity index (χ1v) is 12.0. The van der Waals surface area contributed by atoms with Crippen molar-refractivity contribution in [1.82, 2.24) is 4.72 Å². The lowest BCUT2D eigenvalue weighted by molar-refractivity contribution is -0.137. The zero-order valence-electron chi connectivity index (χ0n) is 18.1. The number of carbonyl (C=O) groups is 2. The van der Waals surface area contributed by atoms with Crippen LogP contribution in [-0.2, 0) is 32.2 Å². The predicted octanol–water partition coefficient (Wildman–Crippen LogP) is 4.25. The van der Waals surface area contributed by atoms with Crippen molar-refractivity contribution in [1.29, 1.82) is 0 Å². The molecule has 3 N–H and O–H groups in total. The normalized spacial score (nSPS) is 14.5. The Labute approximate surface area is 199 Å². The van der Waals surface area contributed by atoms with Gasteiger partial charge in [-0.15, -0.1) is 0 Å². The van der Waals surface area contributed by atoms with Gasteiger partial charge in [-0.3, -0.25) is 9.59 Å². The summed E-state index contributed by atoms with van der Waals surface area (Å²) in [5.74, 6) is -0.930. The molecule has 0 bridgehead atoms. The van der Waals surface area contributed by atoms with Crippen LogP contribution in [0, 0.1) is 0 Å². The van der Waals surface area contributed by atoms with Gasteiger partial charge in [-0.1, -0.05) is 30.3 Å². The van der Waals surface area contributed by atoms with Gasteiger partial charge in [-0.2, -0.15) is 17.9 Å². The topological polar surface area (TPSA) is 104 Å². The van der Waals surface area contributed by atoms with E-state index in [1.165, 1.54) is 18.2 Å². The molecule has 1 aliphatic rings. The van der Waals surface area contributed by atoms with E-state index in [9.17, 15) is 31.2 Å². The highest BCUT2D eigenvalue weighted by Gasteiger charge is 2.31. The average molecular weight is 504 g/mol. The van der Waals surface area contributed by atoms with Gasteiger partial charge in [0, 0.05) is 17.8 Å². The lowest BCUT2D eigenvalue weighted by Gasteiger charge is -2.21. The number of fused-ring (bicyclic) bond motifs is 1. The fraction of sp³-hybridized carbons (Fsp3) is 0.167. The first kappa shape index (κ1) is 24.4. The summed E-state index contributed by atoms with van der Waals surface area (Å²) in [6.07, 6.45) is -3.92. The van der Waals surface area contributed by atoms with Crippen LogP contribution >= 0.6 is 0 Å². The molecule has 0 spiro atoms. The van der Waals surface area contributed by atoms with Crippen LogP contribution in [0.4, 0.5) is 24.5 Å². The molecular formula is C24H20F3N3O4S. The summed E-state index contributed by atoms with van der Waals surface area (Å²) in [5, 5.41) is 5.14. The van der Waals surface area contributed by atoms with Crippen molar-refractivity contribution in [2.75, 3.05) is 10.6 Å². The van der Waals surface area contributed by atoms with Crippen molar-refractivity contribution in [3.8, 4) is 0 Å². The number of anilines is 2. The summed E-state index contributed by atoms with van der Waals surface area (Å²) < 4.78 is 67.2. The molecule has 11 heteroatoms. The van der Waals surface area contributed by atoms with Crippen molar-refractivity contribution in [2.24, 2.45) is 0 Å². The zero-order chi connectivity index (χ0) is 25.2. The molecular weight excluding hydrogens is 483 g/mol. The number of hydrogen-bond donors (Lipinski definition) is 3. The van der Waals surface area contributed by atoms with Crippen LogP contribution in [0.25, 0.3) is 0 Å². The smallest absolute Gasteiger partial charge is 0.326 e. The Kier molecular flexibility index (Phi) is 6.64. The van der Waals surface area contributed by atoms with Crippen LogP contribution in [0.2, 0.25) is 0 Å². The summed E-state index contributed by atoms with van der Waals surface area (Å²) in [6.45, 7) is 0. The second kappa shape index (κ2) is 9.51. The molecule has 0 aliphatic carbocycles. The van der Waals surface area contributed by atoms with Gasteiger partial charge in [0.25, 0.3) is 0 Å². The van der Waals surface area contributed by atoms with E-state index >= 15 is 0 Å². The van der Waals surface area contributed by atoms with Crippen molar-refractivity contribution >= 4 is 33.2 Å². The second-order valence-corrected chi connectivity index (χ2v) is 9.61. The van der Waals surface area contributed by atoms with E-state index in [1.807, 2.05) is 0 Å². The van der Waals surface area contributed by atoms with Crippen LogP contribution in [-0.4, -0.2) is 20.2 Å². The largest absolute Gasteiger partial charge is 0.416 e. The molecule has 0 fully saturated rings. The minimum absolute atomic E-state index is 0.0765. The number of nitrogens with one attached hydrogen (secondary N) is 3. The number of alkyl halides is 3. The second-order valence-electron chi connectivity index (χ2n) is 7.90. The fourth-order valence-corrected chi connectivity index (χ4v) is 4.86. The van der Waals surface area contributed by atoms with E-state index < -0.39 is 33.7 Å². The third-order valence-electron chi connectivity index (χ3n) is 5.43. The standard InChI is InChI=1S/C24H20F3N3O4S/c25-24(26,27)17-7-9-18(10-8-17)28-23(32)22(15-4-2-1-3-5-15)30-35(33,34)19-11-12-20-16(14-19)6-13-21(31)29-20/h1-5,7-12,14,22,30H,6,13H2,(H,28,32)(H,29,31)/t22-/m1/s1. The number of hydrogen-bond acceptors (Lipinski definition) is 4. The number of halogens is 3. The molecule has 0 saturated carbocycles. The van der Waals surface area contributed by atoms with Crippen LogP contribution in [0.3, 0.4) is 0 Å². The highest BCUT2D eigenvalue weighted by molar-refractivity contribution is 7.89. The van der Waals surface area contributed by atoms with Crippen LogP contribution < -0.4 is 15.4 Å². The van der Waals surface area contributed by atoms with E-state index in [-0.39, 0.29) is 22.9 Å². The Morgan fingerprint density at radius 1 is 0.943 bits per heavy atom. The number of sulfonamides is 1. The highest BCUT2D eigenvalue weighted by Crippen LogP contribution is 2.30. The van der Waals surface area contributed by atoms with Gasteiger partial charge in [0.05, 0.1) is 10.5 Å². The van der Waals surface area contributed by atoms with Crippen molar-refractivity contribution in [3.63, 3.8) is 0 Å². The highest BCUT2D eigenvalue weighted by atomic mass is 32.2. The van der Waals surface area contributed by atoms with Crippen molar-refractivity contribution in [2.45, 2.75) is 30.0 Å². The summed E-state index contributed by atoms with van der Waals surface area (Å²) in [5.41, 5.74) is 0.718. The SMILES string of the molecule is O=C1CCc2cc(S(=O)(=O)N[C@@H](C(=O)Nc3ccc(C(F)(F)F)cc3)c3ccccc3)ccc2N1. The maximum absolute atomic E-state index is 13.2. The monoisotopic (exact) mass is 503 g/mol. The molecule has 3 aromatic carbocycles. The van der Waals surface area contributed by atoms with Gasteiger partial charge in [0.15, 0.2) is 0 Å². The molecule has 2 amide bonds. The number of benzene rings is 3. The first-order valence-electron chi connectivity index (χ1n) is 10.5. The van der Waals surface area contributed by atoms with Crippen molar-refractivity contribution < 1.29 is 31.2 Å². The molecule has 7 nitrogen and oxygen atoms in total. The molecule has 1 heterocycles. The Bertz CT molecular complexity index is 1360. The van der Waals surface area contributed by atoms with Gasteiger partial charge in [-0.25, -0.2) is 8.42 Å². The maximum atomic E-state index is 13.2. The van der Waals surface area contributed by atoms with Crippen LogP contribution in [0.1, 0.15) is 29.2 Å². The molecule has 0 unspecified atom stereocenters. The Morgan fingerprint density at radius 2 is 1.63 bits per heavy atom. The molecule has 3 aromatic rings. The molecule has 0 radical (unpaired) electrons. The quantitative estimate of drug-likeness (QED) is 0.468. The molecule has 4 rings (SSSR count). The fourth-order valence-electron chi connectivity index (χ4n) is 3.63. The Morgan fingerprint density at radius 3 is 2.29 bits per heavy atom.